The highest BCUT2D eigenvalue weighted by Gasteiger charge is 2.41. The molecule has 7 heteroatoms. The zero-order chi connectivity index (χ0) is 21.8. The van der Waals surface area contributed by atoms with Gasteiger partial charge in [0.25, 0.3) is 5.91 Å². The number of benzene rings is 1. The van der Waals surface area contributed by atoms with Crippen LogP contribution in [0.1, 0.15) is 62.2 Å². The number of carbonyl (C=O) groups excluding carboxylic acids is 3. The molecule has 3 fully saturated rings. The number of ether oxygens (including phenoxy) is 1. The van der Waals surface area contributed by atoms with E-state index < -0.39 is 0 Å². The quantitative estimate of drug-likeness (QED) is 0.731. The molecule has 3 amide bonds. The van der Waals surface area contributed by atoms with Gasteiger partial charge >= 0.3 is 0 Å². The van der Waals surface area contributed by atoms with E-state index in [4.69, 9.17) is 4.74 Å². The van der Waals surface area contributed by atoms with Crippen molar-refractivity contribution >= 4 is 23.4 Å². The molecule has 1 spiro atoms. The van der Waals surface area contributed by atoms with E-state index in [-0.39, 0.29) is 29.2 Å². The van der Waals surface area contributed by atoms with Gasteiger partial charge in [0, 0.05) is 50.3 Å². The van der Waals surface area contributed by atoms with Crippen molar-refractivity contribution in [2.75, 3.05) is 31.6 Å². The first-order valence-electron chi connectivity index (χ1n) is 11.5. The van der Waals surface area contributed by atoms with Gasteiger partial charge in [0.15, 0.2) is 0 Å². The third-order valence-electron chi connectivity index (χ3n) is 6.79. The average molecular weight is 428 g/mol. The molecule has 0 bridgehead atoms. The van der Waals surface area contributed by atoms with E-state index in [1.807, 2.05) is 4.90 Å². The first-order chi connectivity index (χ1) is 14.9. The first-order valence-corrected chi connectivity index (χ1v) is 11.5. The Balaban J connectivity index is 1.27. The molecule has 1 atom stereocenters. The van der Waals surface area contributed by atoms with Crippen molar-refractivity contribution in [2.45, 2.75) is 57.5 Å². The number of hydrogen-bond donors (Lipinski definition) is 2. The van der Waals surface area contributed by atoms with Crippen LogP contribution >= 0.6 is 0 Å². The normalized spacial score (nSPS) is 22.7. The lowest BCUT2D eigenvalue weighted by atomic mass is 9.78. The van der Waals surface area contributed by atoms with Gasteiger partial charge in [-0.2, -0.15) is 0 Å². The van der Waals surface area contributed by atoms with Crippen LogP contribution in [-0.4, -0.2) is 54.5 Å². The lowest BCUT2D eigenvalue weighted by Crippen LogP contribution is -2.51. The van der Waals surface area contributed by atoms with Gasteiger partial charge in [0.05, 0.1) is 5.60 Å². The number of rotatable bonds is 6. The Morgan fingerprint density at radius 2 is 1.94 bits per heavy atom. The zero-order valence-corrected chi connectivity index (χ0v) is 18.3. The highest BCUT2D eigenvalue weighted by Crippen LogP contribution is 2.39. The summed E-state index contributed by atoms with van der Waals surface area (Å²) in [6.07, 6.45) is 6.82. The van der Waals surface area contributed by atoms with Gasteiger partial charge in [0.1, 0.15) is 0 Å². The summed E-state index contributed by atoms with van der Waals surface area (Å²) in [6, 6.07) is 7.10. The van der Waals surface area contributed by atoms with Gasteiger partial charge in [-0.1, -0.05) is 6.07 Å². The second-order valence-corrected chi connectivity index (χ2v) is 9.30. The summed E-state index contributed by atoms with van der Waals surface area (Å²) < 4.78 is 6.24. The van der Waals surface area contributed by atoms with E-state index in [1.165, 1.54) is 6.92 Å². The number of nitrogens with one attached hydrogen (secondary N) is 2. The minimum atomic E-state index is -0.152. The van der Waals surface area contributed by atoms with E-state index in [9.17, 15) is 14.4 Å². The lowest BCUT2D eigenvalue weighted by molar-refractivity contribution is -0.125. The molecule has 1 saturated carbocycles. The molecule has 0 aromatic heterocycles. The predicted octanol–water partition coefficient (Wildman–Crippen LogP) is 2.96. The Morgan fingerprint density at radius 1 is 1.16 bits per heavy atom. The average Bonchev–Trinajstić information content (AvgIpc) is 3.59. The summed E-state index contributed by atoms with van der Waals surface area (Å²) in [5.41, 5.74) is 1.09. The summed E-state index contributed by atoms with van der Waals surface area (Å²) >= 11 is 0. The number of likely N-dealkylation sites (tertiary alicyclic amines) is 1. The largest absolute Gasteiger partial charge is 0.375 e. The van der Waals surface area contributed by atoms with Gasteiger partial charge in [0.2, 0.25) is 11.8 Å². The highest BCUT2D eigenvalue weighted by atomic mass is 16.5. The molecule has 4 rings (SSSR count). The second-order valence-electron chi connectivity index (χ2n) is 9.30. The van der Waals surface area contributed by atoms with Crippen molar-refractivity contribution in [2.24, 2.45) is 11.8 Å². The molecule has 2 aliphatic heterocycles. The van der Waals surface area contributed by atoms with Gasteiger partial charge in [-0.15, -0.1) is 0 Å². The van der Waals surface area contributed by atoms with E-state index in [0.717, 1.165) is 58.1 Å². The molecule has 2 N–H and O–H groups in total. The molecule has 2 saturated heterocycles. The number of carbonyl (C=O) groups is 3. The van der Waals surface area contributed by atoms with Crippen molar-refractivity contribution in [3.63, 3.8) is 0 Å². The lowest BCUT2D eigenvalue weighted by Gasteiger charge is -2.46. The number of hydrogen-bond acceptors (Lipinski definition) is 4. The van der Waals surface area contributed by atoms with Crippen LogP contribution in [0.4, 0.5) is 5.69 Å². The van der Waals surface area contributed by atoms with Crippen LogP contribution in [0.25, 0.3) is 0 Å². The van der Waals surface area contributed by atoms with Gasteiger partial charge in [-0.3, -0.25) is 14.4 Å². The monoisotopic (exact) mass is 427 g/mol. The third-order valence-corrected chi connectivity index (χ3v) is 6.79. The van der Waals surface area contributed by atoms with Gasteiger partial charge in [-0.05, 0) is 69.1 Å². The molecule has 1 aromatic carbocycles. The Hall–Kier alpha value is -2.41. The molecule has 0 radical (unpaired) electrons. The number of nitrogens with zero attached hydrogens (tertiary/aromatic N) is 1. The molecule has 3 aliphatic rings. The fourth-order valence-corrected chi connectivity index (χ4v) is 4.85. The molecular formula is C24H33N3O4. The van der Waals surface area contributed by atoms with Gasteiger partial charge in [-0.25, -0.2) is 0 Å². The van der Waals surface area contributed by atoms with E-state index in [0.29, 0.717) is 30.3 Å². The minimum Gasteiger partial charge on any atom is -0.375 e. The van der Waals surface area contributed by atoms with E-state index >= 15 is 0 Å². The summed E-state index contributed by atoms with van der Waals surface area (Å²) in [5.74, 6) is 0.889. The maximum atomic E-state index is 13.0. The molecule has 1 aromatic rings. The van der Waals surface area contributed by atoms with Crippen LogP contribution in [0.3, 0.4) is 0 Å². The van der Waals surface area contributed by atoms with Gasteiger partial charge < -0.3 is 20.3 Å². The number of amides is 3. The molecule has 31 heavy (non-hydrogen) atoms. The van der Waals surface area contributed by atoms with E-state index in [2.05, 4.69) is 10.6 Å². The molecule has 7 nitrogen and oxygen atoms in total. The second kappa shape index (κ2) is 9.39. The molecular weight excluding hydrogens is 394 g/mol. The van der Waals surface area contributed by atoms with Crippen LogP contribution in [-0.2, 0) is 14.3 Å². The maximum absolute atomic E-state index is 13.0. The number of anilines is 1. The van der Waals surface area contributed by atoms with Crippen molar-refractivity contribution < 1.29 is 19.1 Å². The molecule has 2 heterocycles. The predicted molar refractivity (Wildman–Crippen MR) is 118 cm³/mol. The third kappa shape index (κ3) is 5.64. The SMILES string of the molecule is CC(=O)Nc1cccc(C(=O)N2CCC3(CC2)CC(CCNC(=O)C2CC2)CCO3)c1. The Bertz CT molecular complexity index is 828. The smallest absolute Gasteiger partial charge is 0.253 e. The topological polar surface area (TPSA) is 87.7 Å². The minimum absolute atomic E-state index is 0.00259. The summed E-state index contributed by atoms with van der Waals surface area (Å²) in [6.45, 7) is 4.32. The Morgan fingerprint density at radius 3 is 2.65 bits per heavy atom. The fourth-order valence-electron chi connectivity index (χ4n) is 4.85. The maximum Gasteiger partial charge on any atom is 0.253 e. The van der Waals surface area contributed by atoms with Crippen LogP contribution in [0.2, 0.25) is 0 Å². The fraction of sp³-hybridized carbons (Fsp3) is 0.625. The van der Waals surface area contributed by atoms with Crippen LogP contribution < -0.4 is 10.6 Å². The van der Waals surface area contributed by atoms with Crippen molar-refractivity contribution in [1.29, 1.82) is 0 Å². The molecule has 1 unspecified atom stereocenters. The van der Waals surface area contributed by atoms with Crippen molar-refractivity contribution in [1.82, 2.24) is 10.2 Å². The van der Waals surface area contributed by atoms with E-state index in [1.54, 1.807) is 24.3 Å². The zero-order valence-electron chi connectivity index (χ0n) is 18.3. The first kappa shape index (κ1) is 21.8. The summed E-state index contributed by atoms with van der Waals surface area (Å²) in [7, 11) is 0. The Labute approximate surface area is 183 Å². The van der Waals surface area contributed by atoms with Crippen LogP contribution in [0, 0.1) is 11.8 Å². The number of piperidine rings is 1. The highest BCUT2D eigenvalue weighted by molar-refractivity contribution is 5.96. The van der Waals surface area contributed by atoms with Crippen LogP contribution in [0.5, 0.6) is 0 Å². The molecule has 1 aliphatic carbocycles. The standard InChI is InChI=1S/C24H33N3O4/c1-17(28)26-21-4-2-3-20(15-21)23(30)27-12-9-24(10-13-27)16-18(8-14-31-24)7-11-25-22(29)19-5-6-19/h2-4,15,18-19H,5-14,16H2,1H3,(H,25,29)(H,26,28). The summed E-state index contributed by atoms with van der Waals surface area (Å²) in [5, 5.41) is 5.81. The van der Waals surface area contributed by atoms with Crippen molar-refractivity contribution in [3.8, 4) is 0 Å². The summed E-state index contributed by atoms with van der Waals surface area (Å²) in [4.78, 5) is 38.0. The molecule has 168 valence electrons. The van der Waals surface area contributed by atoms with Crippen molar-refractivity contribution in [3.05, 3.63) is 29.8 Å². The Kier molecular flexibility index (Phi) is 6.60. The van der Waals surface area contributed by atoms with Crippen LogP contribution in [0.15, 0.2) is 24.3 Å².